The van der Waals surface area contributed by atoms with Crippen LogP contribution in [0.1, 0.15) is 17.3 Å². The van der Waals surface area contributed by atoms with E-state index in [2.05, 4.69) is 10.2 Å². The molecule has 0 fully saturated rings. The van der Waals surface area contributed by atoms with Crippen LogP contribution in [0.5, 0.6) is 0 Å². The number of hydroxylamine groups is 1. The van der Waals surface area contributed by atoms with E-state index in [1.165, 1.54) is 32.2 Å². The van der Waals surface area contributed by atoms with Gasteiger partial charge in [0.25, 0.3) is 5.91 Å². The van der Waals surface area contributed by atoms with E-state index in [0.29, 0.717) is 0 Å². The molecule has 0 aliphatic carbocycles. The van der Waals surface area contributed by atoms with E-state index < -0.39 is 29.6 Å². The number of nitrogens with one attached hydrogen (secondary N) is 2. The molecule has 21 heavy (non-hydrogen) atoms. The first-order chi connectivity index (χ1) is 9.93. The number of carbonyl (C=O) groups is 3. The van der Waals surface area contributed by atoms with Crippen LogP contribution in [-0.4, -0.2) is 37.5 Å². The summed E-state index contributed by atoms with van der Waals surface area (Å²) < 4.78 is 17.7. The second kappa shape index (κ2) is 7.95. The summed E-state index contributed by atoms with van der Waals surface area (Å²) in [5.41, 5.74) is 1.87. The highest BCUT2D eigenvalue weighted by Crippen LogP contribution is 2.03. The first-order valence-electron chi connectivity index (χ1n) is 5.96. The summed E-state index contributed by atoms with van der Waals surface area (Å²) >= 11 is 0. The zero-order valence-electron chi connectivity index (χ0n) is 11.5. The molecule has 2 amide bonds. The molecule has 1 aromatic carbocycles. The van der Waals surface area contributed by atoms with Gasteiger partial charge in [-0.05, 0) is 18.2 Å². The number of ether oxygens (including phenoxy) is 1. The molecule has 1 rings (SSSR count). The third-order valence-corrected chi connectivity index (χ3v) is 2.33. The lowest BCUT2D eigenvalue weighted by Crippen LogP contribution is -2.46. The average molecular weight is 298 g/mol. The molecule has 1 atom stereocenters. The molecule has 0 unspecified atom stereocenters. The van der Waals surface area contributed by atoms with Gasteiger partial charge in [-0.25, -0.2) is 9.18 Å². The molecule has 1 aromatic rings. The van der Waals surface area contributed by atoms with Gasteiger partial charge >= 0.3 is 5.97 Å². The molecule has 0 aliphatic rings. The number of amides is 2. The molecule has 0 aromatic heterocycles. The lowest BCUT2D eigenvalue weighted by molar-refractivity contribution is -0.154. The van der Waals surface area contributed by atoms with E-state index >= 15 is 0 Å². The number of halogens is 1. The molecule has 0 radical (unpaired) electrons. The third-order valence-electron chi connectivity index (χ3n) is 2.33. The van der Waals surface area contributed by atoms with E-state index in [0.717, 1.165) is 6.07 Å². The van der Waals surface area contributed by atoms with Gasteiger partial charge in [0, 0.05) is 19.6 Å². The molecule has 0 saturated heterocycles. The fraction of sp³-hybridized carbons (Fsp3) is 0.308. The summed E-state index contributed by atoms with van der Waals surface area (Å²) in [6.45, 7) is 1.11. The lowest BCUT2D eigenvalue weighted by atomic mass is 10.2. The lowest BCUT2D eigenvalue weighted by Gasteiger charge is -2.15. The first-order valence-corrected chi connectivity index (χ1v) is 5.96. The number of benzene rings is 1. The minimum absolute atomic E-state index is 0.00869. The highest BCUT2D eigenvalue weighted by atomic mass is 19.1. The number of carbonyl (C=O) groups excluding carboxylic acids is 3. The third kappa shape index (κ3) is 5.57. The van der Waals surface area contributed by atoms with Crippen molar-refractivity contribution in [2.45, 2.75) is 13.0 Å². The number of rotatable bonds is 5. The summed E-state index contributed by atoms with van der Waals surface area (Å²) in [7, 11) is 1.34. The van der Waals surface area contributed by atoms with Gasteiger partial charge in [0.1, 0.15) is 5.82 Å². The summed E-state index contributed by atoms with van der Waals surface area (Å²) in [5.74, 6) is -2.74. The molecule has 0 heterocycles. The van der Waals surface area contributed by atoms with Crippen LogP contribution in [0.15, 0.2) is 24.3 Å². The number of hydrogen-bond donors (Lipinski definition) is 2. The zero-order valence-corrected chi connectivity index (χ0v) is 11.5. The summed E-state index contributed by atoms with van der Waals surface area (Å²) in [5, 5.41) is 2.30. The van der Waals surface area contributed by atoms with Crippen LogP contribution in [0.4, 0.5) is 4.39 Å². The van der Waals surface area contributed by atoms with Gasteiger partial charge < -0.3 is 14.9 Å². The van der Waals surface area contributed by atoms with Crippen LogP contribution in [0.3, 0.4) is 0 Å². The molecule has 0 aliphatic heterocycles. The molecule has 0 saturated carbocycles. The second-order valence-corrected chi connectivity index (χ2v) is 4.07. The van der Waals surface area contributed by atoms with E-state index in [1.807, 2.05) is 5.48 Å². The highest BCUT2D eigenvalue weighted by molar-refractivity contribution is 5.94. The van der Waals surface area contributed by atoms with Crippen LogP contribution >= 0.6 is 0 Å². The Bertz CT molecular complexity index is 535. The van der Waals surface area contributed by atoms with E-state index in [4.69, 9.17) is 4.74 Å². The minimum Gasteiger partial charge on any atom is -0.382 e. The van der Waals surface area contributed by atoms with Crippen molar-refractivity contribution in [1.29, 1.82) is 0 Å². The molecular weight excluding hydrogens is 283 g/mol. The van der Waals surface area contributed by atoms with Crippen LogP contribution < -0.4 is 10.8 Å². The van der Waals surface area contributed by atoms with Crippen molar-refractivity contribution in [3.8, 4) is 0 Å². The first kappa shape index (κ1) is 16.6. The Balaban J connectivity index is 2.58. The molecule has 0 spiro atoms. The maximum absolute atomic E-state index is 12.9. The fourth-order valence-electron chi connectivity index (χ4n) is 1.44. The summed E-state index contributed by atoms with van der Waals surface area (Å²) in [6.07, 6.45) is 0. The van der Waals surface area contributed by atoms with Gasteiger partial charge in [0.05, 0.1) is 6.61 Å². The predicted octanol–water partition coefficient (Wildman–Crippen LogP) is 0.165. The van der Waals surface area contributed by atoms with Gasteiger partial charge in [-0.15, -0.1) is 0 Å². The van der Waals surface area contributed by atoms with Crippen LogP contribution in [-0.2, 0) is 19.2 Å². The van der Waals surface area contributed by atoms with Crippen molar-refractivity contribution in [2.24, 2.45) is 0 Å². The molecule has 2 N–H and O–H groups in total. The Hall–Kier alpha value is -2.48. The van der Waals surface area contributed by atoms with Gasteiger partial charge in [0.2, 0.25) is 5.91 Å². The molecular formula is C13H15FN2O5. The highest BCUT2D eigenvalue weighted by Gasteiger charge is 2.22. The largest absolute Gasteiger partial charge is 0.382 e. The minimum atomic E-state index is -1.06. The van der Waals surface area contributed by atoms with Crippen LogP contribution in [0, 0.1) is 5.82 Å². The SMILES string of the molecule is COC[C@@H](NC(C)=O)C(=O)ONC(=O)c1cccc(F)c1. The standard InChI is InChI=1S/C13H15FN2O5/c1-8(17)15-11(7-20-2)13(19)21-16-12(18)9-4-3-5-10(14)6-9/h3-6,11H,7H2,1-2H3,(H,15,17)(H,16,18)/t11-/m1/s1. The number of hydrogen-bond acceptors (Lipinski definition) is 5. The second-order valence-electron chi connectivity index (χ2n) is 4.07. The van der Waals surface area contributed by atoms with Crippen molar-refractivity contribution < 1.29 is 28.3 Å². The normalized spacial score (nSPS) is 11.4. The van der Waals surface area contributed by atoms with Gasteiger partial charge in [-0.3, -0.25) is 9.59 Å². The maximum atomic E-state index is 12.9. The van der Waals surface area contributed by atoms with Crippen molar-refractivity contribution in [1.82, 2.24) is 10.8 Å². The van der Waals surface area contributed by atoms with Gasteiger partial charge in [0.15, 0.2) is 6.04 Å². The number of methoxy groups -OCH3 is 1. The Morgan fingerprint density at radius 2 is 2.05 bits per heavy atom. The average Bonchev–Trinajstić information content (AvgIpc) is 2.43. The van der Waals surface area contributed by atoms with Gasteiger partial charge in [-0.1, -0.05) is 6.07 Å². The maximum Gasteiger partial charge on any atom is 0.356 e. The van der Waals surface area contributed by atoms with Crippen molar-refractivity contribution >= 4 is 17.8 Å². The Kier molecular flexibility index (Phi) is 6.28. The Labute approximate surface area is 120 Å². The van der Waals surface area contributed by atoms with Gasteiger partial charge in [-0.2, -0.15) is 5.48 Å². The molecule has 114 valence electrons. The van der Waals surface area contributed by atoms with Crippen molar-refractivity contribution in [3.63, 3.8) is 0 Å². The van der Waals surface area contributed by atoms with Crippen LogP contribution in [0.25, 0.3) is 0 Å². The summed E-state index contributed by atoms with van der Waals surface area (Å²) in [6, 6.07) is 3.81. The van der Waals surface area contributed by atoms with E-state index in [-0.39, 0.29) is 12.2 Å². The zero-order chi connectivity index (χ0) is 15.8. The van der Waals surface area contributed by atoms with Crippen molar-refractivity contribution in [3.05, 3.63) is 35.6 Å². The molecule has 0 bridgehead atoms. The topological polar surface area (TPSA) is 93.7 Å². The Morgan fingerprint density at radius 1 is 1.33 bits per heavy atom. The quantitative estimate of drug-likeness (QED) is 0.756. The van der Waals surface area contributed by atoms with E-state index in [1.54, 1.807) is 0 Å². The monoisotopic (exact) mass is 298 g/mol. The fourth-order valence-corrected chi connectivity index (χ4v) is 1.44. The smallest absolute Gasteiger partial charge is 0.356 e. The molecule has 7 nitrogen and oxygen atoms in total. The van der Waals surface area contributed by atoms with Crippen LogP contribution in [0.2, 0.25) is 0 Å². The molecule has 8 heteroatoms. The predicted molar refractivity (Wildman–Crippen MR) is 69.4 cm³/mol. The van der Waals surface area contributed by atoms with Crippen molar-refractivity contribution in [2.75, 3.05) is 13.7 Å². The Morgan fingerprint density at radius 3 is 2.62 bits per heavy atom. The summed E-state index contributed by atoms with van der Waals surface area (Å²) in [4.78, 5) is 38.8. The van der Waals surface area contributed by atoms with E-state index in [9.17, 15) is 18.8 Å².